The van der Waals surface area contributed by atoms with Crippen molar-refractivity contribution in [2.45, 2.75) is 58.6 Å². The molecule has 160 valence electrons. The fourth-order valence-corrected chi connectivity index (χ4v) is 4.85. The van der Waals surface area contributed by atoms with Crippen molar-refractivity contribution in [3.8, 4) is 0 Å². The number of aryl methyl sites for hydroxylation is 2. The SMILES string of the molecule is C=O.Cc1ccc(C(C)(C)N2CCC(CCc3ccc(F)s3)(C(C)ON)C2)cn1. The molecular formula is C22H32FN3O2S. The molecule has 29 heavy (non-hydrogen) atoms. The molecule has 1 aliphatic heterocycles. The number of nitrogens with zero attached hydrogens (tertiary/aromatic N) is 2. The highest BCUT2D eigenvalue weighted by Gasteiger charge is 2.47. The van der Waals surface area contributed by atoms with Crippen LogP contribution in [0.2, 0.25) is 0 Å². The molecule has 2 N–H and O–H groups in total. The summed E-state index contributed by atoms with van der Waals surface area (Å²) in [6, 6.07) is 7.66. The molecule has 5 nitrogen and oxygen atoms in total. The number of hydrogen-bond acceptors (Lipinski definition) is 6. The molecule has 1 fully saturated rings. The molecule has 0 aromatic carbocycles. The first-order chi connectivity index (χ1) is 13.8. The Kier molecular flexibility index (Phi) is 8.05. The molecule has 1 saturated heterocycles. The highest BCUT2D eigenvalue weighted by atomic mass is 32.1. The second kappa shape index (κ2) is 9.89. The monoisotopic (exact) mass is 421 g/mol. The van der Waals surface area contributed by atoms with Gasteiger partial charge in [-0.15, -0.1) is 11.3 Å². The quantitative estimate of drug-likeness (QED) is 0.677. The van der Waals surface area contributed by atoms with Crippen molar-refractivity contribution in [3.63, 3.8) is 0 Å². The average molecular weight is 422 g/mol. The van der Waals surface area contributed by atoms with E-state index < -0.39 is 0 Å². The summed E-state index contributed by atoms with van der Waals surface area (Å²) in [6.45, 7) is 12.4. The number of carbonyl (C=O) groups is 1. The normalized spacial score (nSPS) is 20.9. The van der Waals surface area contributed by atoms with Crippen LogP contribution in [0.1, 0.15) is 49.7 Å². The summed E-state index contributed by atoms with van der Waals surface area (Å²) in [5.41, 5.74) is 2.08. The van der Waals surface area contributed by atoms with Crippen LogP contribution in [0.3, 0.4) is 0 Å². The van der Waals surface area contributed by atoms with Crippen LogP contribution >= 0.6 is 11.3 Å². The lowest BCUT2D eigenvalue weighted by Gasteiger charge is -2.39. The van der Waals surface area contributed by atoms with Crippen LogP contribution in [0, 0.1) is 17.5 Å². The van der Waals surface area contributed by atoms with Crippen molar-refractivity contribution in [1.82, 2.24) is 9.88 Å². The summed E-state index contributed by atoms with van der Waals surface area (Å²) in [5, 5.41) is -0.122. The first-order valence-electron chi connectivity index (χ1n) is 9.84. The van der Waals surface area contributed by atoms with Gasteiger partial charge < -0.3 is 9.63 Å². The van der Waals surface area contributed by atoms with Gasteiger partial charge in [-0.3, -0.25) is 9.88 Å². The Morgan fingerprint density at radius 3 is 2.66 bits per heavy atom. The van der Waals surface area contributed by atoms with E-state index in [4.69, 9.17) is 15.5 Å². The van der Waals surface area contributed by atoms with Crippen LogP contribution in [0.4, 0.5) is 4.39 Å². The Labute approximate surface area is 177 Å². The van der Waals surface area contributed by atoms with Gasteiger partial charge in [0.25, 0.3) is 0 Å². The number of halogens is 1. The van der Waals surface area contributed by atoms with Crippen molar-refractivity contribution in [2.75, 3.05) is 13.1 Å². The Morgan fingerprint density at radius 2 is 2.10 bits per heavy atom. The van der Waals surface area contributed by atoms with Gasteiger partial charge in [0.2, 0.25) is 0 Å². The van der Waals surface area contributed by atoms with E-state index in [1.54, 1.807) is 6.07 Å². The first kappa shape index (κ1) is 23.6. The van der Waals surface area contributed by atoms with Gasteiger partial charge in [0.1, 0.15) is 6.79 Å². The zero-order valence-corrected chi connectivity index (χ0v) is 18.6. The number of likely N-dealkylation sites (tertiary alicyclic amines) is 1. The predicted molar refractivity (Wildman–Crippen MR) is 115 cm³/mol. The third-order valence-corrected chi connectivity index (χ3v) is 7.29. The number of pyridine rings is 1. The Morgan fingerprint density at radius 1 is 1.38 bits per heavy atom. The van der Waals surface area contributed by atoms with Crippen LogP contribution in [0.15, 0.2) is 30.5 Å². The standard InChI is InChI=1S/C21H30FN3OS.CH2O/c1-15-5-6-17(13-24-15)20(3,4)25-12-11-21(14-25,16(2)26-23)10-9-18-7-8-19(22)27-18;1-2/h5-8,13,16H,9-12,14,23H2,1-4H3;1H2. The second-order valence-corrected chi connectivity index (χ2v) is 9.38. The van der Waals surface area contributed by atoms with E-state index in [0.717, 1.165) is 42.9 Å². The largest absolute Gasteiger partial charge is 0.307 e. The summed E-state index contributed by atoms with van der Waals surface area (Å²) in [4.78, 5) is 21.4. The van der Waals surface area contributed by atoms with Gasteiger partial charge in [0.15, 0.2) is 5.13 Å². The highest BCUT2D eigenvalue weighted by Crippen LogP contribution is 2.44. The van der Waals surface area contributed by atoms with Crippen molar-refractivity contribution >= 4 is 18.1 Å². The third kappa shape index (κ3) is 5.28. The number of rotatable bonds is 7. The molecule has 2 atom stereocenters. The minimum atomic E-state index is -0.122. The predicted octanol–water partition coefficient (Wildman–Crippen LogP) is 4.24. The Hall–Kier alpha value is -1.67. The van der Waals surface area contributed by atoms with Crippen LogP contribution in [0.5, 0.6) is 0 Å². The summed E-state index contributed by atoms with van der Waals surface area (Å²) in [6.07, 6.45) is 4.72. The Bertz CT molecular complexity index is 781. The fraction of sp³-hybridized carbons (Fsp3) is 0.545. The van der Waals surface area contributed by atoms with Gasteiger partial charge in [-0.1, -0.05) is 6.07 Å². The lowest BCUT2D eigenvalue weighted by molar-refractivity contribution is -0.0979. The minimum Gasteiger partial charge on any atom is -0.307 e. The smallest absolute Gasteiger partial charge is 0.176 e. The maximum Gasteiger partial charge on any atom is 0.176 e. The molecule has 0 radical (unpaired) electrons. The van der Waals surface area contributed by atoms with Gasteiger partial charge in [0.05, 0.1) is 6.10 Å². The number of thiophene rings is 1. The maximum atomic E-state index is 13.3. The van der Waals surface area contributed by atoms with Crippen LogP contribution in [-0.4, -0.2) is 35.9 Å². The number of hydrogen-bond donors (Lipinski definition) is 1. The van der Waals surface area contributed by atoms with E-state index in [9.17, 15) is 4.39 Å². The molecule has 1 aliphatic rings. The summed E-state index contributed by atoms with van der Waals surface area (Å²) < 4.78 is 13.3. The number of nitrogens with two attached hydrogens (primary N) is 1. The molecule has 3 heterocycles. The molecule has 0 saturated carbocycles. The van der Waals surface area contributed by atoms with Gasteiger partial charge in [-0.2, -0.15) is 4.39 Å². The van der Waals surface area contributed by atoms with E-state index >= 15 is 0 Å². The summed E-state index contributed by atoms with van der Waals surface area (Å²) in [5.74, 6) is 5.61. The third-order valence-electron chi connectivity index (χ3n) is 6.36. The van der Waals surface area contributed by atoms with Crippen LogP contribution in [0.25, 0.3) is 0 Å². The van der Waals surface area contributed by atoms with E-state index in [2.05, 4.69) is 42.8 Å². The molecule has 0 spiro atoms. The molecule has 2 unspecified atom stereocenters. The lowest BCUT2D eigenvalue weighted by atomic mass is 9.77. The molecule has 0 aliphatic carbocycles. The van der Waals surface area contributed by atoms with Crippen molar-refractivity contribution in [1.29, 1.82) is 0 Å². The van der Waals surface area contributed by atoms with Gasteiger partial charge in [-0.05, 0) is 77.3 Å². The van der Waals surface area contributed by atoms with Crippen molar-refractivity contribution < 1.29 is 14.0 Å². The molecular weight excluding hydrogens is 389 g/mol. The van der Waals surface area contributed by atoms with E-state index in [1.165, 1.54) is 16.9 Å². The average Bonchev–Trinajstić information content (AvgIpc) is 3.35. The van der Waals surface area contributed by atoms with E-state index in [-0.39, 0.29) is 22.2 Å². The van der Waals surface area contributed by atoms with Gasteiger partial charge >= 0.3 is 0 Å². The van der Waals surface area contributed by atoms with E-state index in [1.807, 2.05) is 26.0 Å². The van der Waals surface area contributed by atoms with Crippen molar-refractivity contribution in [3.05, 3.63) is 51.7 Å². The van der Waals surface area contributed by atoms with Crippen molar-refractivity contribution in [2.24, 2.45) is 11.3 Å². The van der Waals surface area contributed by atoms with Crippen LogP contribution in [-0.2, 0) is 21.6 Å². The topological polar surface area (TPSA) is 68.5 Å². The summed E-state index contributed by atoms with van der Waals surface area (Å²) in [7, 11) is 0. The molecule has 2 aromatic rings. The maximum absolute atomic E-state index is 13.3. The molecule has 0 amide bonds. The zero-order valence-electron chi connectivity index (χ0n) is 17.8. The lowest BCUT2D eigenvalue weighted by Crippen LogP contribution is -2.45. The second-order valence-electron chi connectivity index (χ2n) is 8.27. The molecule has 2 aromatic heterocycles. The number of carbonyl (C=O) groups excluding carboxylic acids is 1. The molecule has 0 bridgehead atoms. The number of aromatic nitrogens is 1. The zero-order chi connectivity index (χ0) is 21.7. The fourth-order valence-electron chi connectivity index (χ4n) is 4.13. The van der Waals surface area contributed by atoms with Gasteiger partial charge in [0, 0.05) is 34.3 Å². The Balaban J connectivity index is 0.00000145. The highest BCUT2D eigenvalue weighted by molar-refractivity contribution is 7.10. The van der Waals surface area contributed by atoms with Crippen LogP contribution < -0.4 is 5.90 Å². The molecule has 3 rings (SSSR count). The first-order valence-corrected chi connectivity index (χ1v) is 10.7. The summed E-state index contributed by atoms with van der Waals surface area (Å²) >= 11 is 1.23. The van der Waals surface area contributed by atoms with E-state index in [0.29, 0.717) is 0 Å². The van der Waals surface area contributed by atoms with Gasteiger partial charge in [-0.25, -0.2) is 5.90 Å². The molecule has 7 heteroatoms. The minimum absolute atomic E-state index is 0.0371.